The maximum absolute atomic E-state index is 12.4. The number of thiazole rings is 1. The van der Waals surface area contributed by atoms with Crippen molar-refractivity contribution in [3.05, 3.63) is 53.5 Å². The van der Waals surface area contributed by atoms with E-state index in [4.69, 9.17) is 9.57 Å². The summed E-state index contributed by atoms with van der Waals surface area (Å²) < 4.78 is 31.4. The highest BCUT2D eigenvalue weighted by molar-refractivity contribution is 7.89. The molecule has 2 aromatic carbocycles. The van der Waals surface area contributed by atoms with Crippen LogP contribution in [-0.2, 0) is 16.6 Å². The lowest BCUT2D eigenvalue weighted by molar-refractivity contribution is 0.0734. The molecule has 0 spiro atoms. The van der Waals surface area contributed by atoms with Crippen LogP contribution in [0.1, 0.15) is 12.6 Å². The number of nitrogens with zero attached hydrogens (tertiary/aromatic N) is 5. The van der Waals surface area contributed by atoms with E-state index in [0.717, 1.165) is 26.3 Å². The van der Waals surface area contributed by atoms with E-state index in [1.807, 2.05) is 36.6 Å². The molecule has 2 aromatic heterocycles. The molecular weight excluding hydrogens is 438 g/mol. The fourth-order valence-corrected chi connectivity index (χ4v) is 4.57. The molecule has 2 heterocycles. The number of rotatable bonds is 8. The fraction of sp³-hybridized carbons (Fsp3) is 0.250. The predicted octanol–water partition coefficient (Wildman–Crippen LogP) is 2.83. The molecule has 9 nitrogen and oxygen atoms in total. The van der Waals surface area contributed by atoms with E-state index < -0.39 is 10.0 Å². The summed E-state index contributed by atoms with van der Waals surface area (Å²) in [5.74, 6) is 0.820. The van der Waals surface area contributed by atoms with E-state index in [1.165, 1.54) is 42.4 Å². The van der Waals surface area contributed by atoms with E-state index in [1.54, 1.807) is 6.07 Å². The molecule has 0 aliphatic carbocycles. The van der Waals surface area contributed by atoms with E-state index in [-0.39, 0.29) is 11.5 Å². The Labute approximate surface area is 183 Å². The molecule has 0 unspecified atom stereocenters. The Bertz CT molecular complexity index is 1300. The van der Waals surface area contributed by atoms with Crippen molar-refractivity contribution in [2.45, 2.75) is 18.4 Å². The molecular formula is C20H21N5O4S2. The summed E-state index contributed by atoms with van der Waals surface area (Å²) in [7, 11) is -0.611. The molecule has 0 amide bonds. The average Bonchev–Trinajstić information content (AvgIpc) is 3.39. The van der Waals surface area contributed by atoms with Gasteiger partial charge < -0.3 is 9.57 Å². The Balaban J connectivity index is 1.51. The summed E-state index contributed by atoms with van der Waals surface area (Å²) in [4.78, 5) is 11.7. The molecule has 0 saturated heterocycles. The molecule has 0 saturated carbocycles. The zero-order valence-electron chi connectivity index (χ0n) is 17.2. The second-order valence-electron chi connectivity index (χ2n) is 6.78. The van der Waals surface area contributed by atoms with Crippen molar-refractivity contribution in [1.82, 2.24) is 24.4 Å². The summed E-state index contributed by atoms with van der Waals surface area (Å²) >= 11 is 1.51. The first-order chi connectivity index (χ1) is 14.9. The van der Waals surface area contributed by atoms with Crippen LogP contribution in [0.5, 0.6) is 5.75 Å². The molecule has 4 rings (SSSR count). The number of hydrogen-bond donors (Lipinski definition) is 0. The van der Waals surface area contributed by atoms with Gasteiger partial charge in [0, 0.05) is 25.0 Å². The number of aromatic nitrogens is 4. The highest BCUT2D eigenvalue weighted by Gasteiger charge is 2.19. The molecule has 0 atom stereocenters. The Kier molecular flexibility index (Phi) is 5.90. The molecule has 0 aliphatic heterocycles. The van der Waals surface area contributed by atoms with Crippen LogP contribution < -0.4 is 9.57 Å². The third kappa shape index (κ3) is 4.38. The summed E-state index contributed by atoms with van der Waals surface area (Å²) in [6.45, 7) is 2.73. The van der Waals surface area contributed by atoms with Gasteiger partial charge in [0.25, 0.3) is 0 Å². The molecule has 4 aromatic rings. The summed E-state index contributed by atoms with van der Waals surface area (Å²) in [6.07, 6.45) is 0. The standard InChI is InChI=1S/C20H21N5O4S2/c1-4-28-16-7-5-14(6-8-16)20-21-15(13-30-20)12-29-25-19-11-17(31(26,27)24(2)3)9-10-18(19)22-23-25/h5-11,13H,4,12H2,1-3H3. The second kappa shape index (κ2) is 8.61. The van der Waals surface area contributed by atoms with Gasteiger partial charge in [-0.05, 0) is 54.6 Å². The number of hydrogen-bond acceptors (Lipinski definition) is 8. The van der Waals surface area contributed by atoms with Crippen molar-refractivity contribution >= 4 is 32.4 Å². The number of fused-ring (bicyclic) bond motifs is 1. The molecule has 0 N–H and O–H groups in total. The lowest BCUT2D eigenvalue weighted by atomic mass is 10.2. The minimum atomic E-state index is -3.58. The van der Waals surface area contributed by atoms with Crippen LogP contribution in [0.2, 0.25) is 0 Å². The Morgan fingerprint density at radius 2 is 1.90 bits per heavy atom. The molecule has 11 heteroatoms. The van der Waals surface area contributed by atoms with Crippen LogP contribution in [0.4, 0.5) is 0 Å². The van der Waals surface area contributed by atoms with E-state index in [9.17, 15) is 8.42 Å². The average molecular weight is 460 g/mol. The second-order valence-corrected chi connectivity index (χ2v) is 9.79. The number of ether oxygens (including phenoxy) is 1. The van der Waals surface area contributed by atoms with Gasteiger partial charge in [-0.3, -0.25) is 0 Å². The van der Waals surface area contributed by atoms with Crippen molar-refractivity contribution in [2.24, 2.45) is 0 Å². The highest BCUT2D eigenvalue weighted by Crippen LogP contribution is 2.26. The van der Waals surface area contributed by atoms with E-state index >= 15 is 0 Å². The van der Waals surface area contributed by atoms with Gasteiger partial charge in [0.15, 0.2) is 6.61 Å². The smallest absolute Gasteiger partial charge is 0.242 e. The Hall–Kier alpha value is -3.02. The molecule has 0 bridgehead atoms. The summed E-state index contributed by atoms with van der Waals surface area (Å²) in [5.41, 5.74) is 2.72. The number of sulfonamides is 1. The monoisotopic (exact) mass is 459 g/mol. The van der Waals surface area contributed by atoms with E-state index in [2.05, 4.69) is 15.3 Å². The van der Waals surface area contributed by atoms with E-state index in [0.29, 0.717) is 17.6 Å². The summed E-state index contributed by atoms with van der Waals surface area (Å²) in [5, 5.41) is 10.8. The summed E-state index contributed by atoms with van der Waals surface area (Å²) in [6, 6.07) is 12.4. The van der Waals surface area contributed by atoms with Crippen LogP contribution in [0.15, 0.2) is 52.7 Å². The molecule has 0 fully saturated rings. The third-order valence-electron chi connectivity index (χ3n) is 4.46. The van der Waals surface area contributed by atoms with Gasteiger partial charge >= 0.3 is 0 Å². The zero-order valence-corrected chi connectivity index (χ0v) is 18.9. The molecule has 31 heavy (non-hydrogen) atoms. The van der Waals surface area contributed by atoms with Crippen LogP contribution in [-0.4, -0.2) is 53.6 Å². The Morgan fingerprint density at radius 1 is 1.13 bits per heavy atom. The lowest BCUT2D eigenvalue weighted by Crippen LogP contribution is -2.22. The fourth-order valence-electron chi connectivity index (χ4n) is 2.84. The first-order valence-corrected chi connectivity index (χ1v) is 11.8. The Morgan fingerprint density at radius 3 is 2.61 bits per heavy atom. The maximum atomic E-state index is 12.4. The predicted molar refractivity (Wildman–Crippen MR) is 117 cm³/mol. The molecule has 0 aliphatic rings. The van der Waals surface area contributed by atoms with Crippen molar-refractivity contribution in [2.75, 3.05) is 20.7 Å². The maximum Gasteiger partial charge on any atom is 0.242 e. The van der Waals surface area contributed by atoms with Gasteiger partial charge in [-0.2, -0.15) is 0 Å². The minimum absolute atomic E-state index is 0.142. The van der Waals surface area contributed by atoms with Gasteiger partial charge in [0.1, 0.15) is 21.8 Å². The van der Waals surface area contributed by atoms with Crippen molar-refractivity contribution < 1.29 is 18.0 Å². The molecule has 162 valence electrons. The normalized spacial score (nSPS) is 11.9. The molecule has 0 radical (unpaired) electrons. The minimum Gasteiger partial charge on any atom is -0.494 e. The van der Waals surface area contributed by atoms with Crippen LogP contribution >= 0.6 is 11.3 Å². The topological polar surface area (TPSA) is 99.4 Å². The van der Waals surface area contributed by atoms with Gasteiger partial charge in [-0.1, -0.05) is 4.85 Å². The quantitative estimate of drug-likeness (QED) is 0.399. The van der Waals surface area contributed by atoms with Gasteiger partial charge in [0.05, 0.1) is 17.2 Å². The number of benzene rings is 2. The van der Waals surface area contributed by atoms with Crippen LogP contribution in [0.25, 0.3) is 21.6 Å². The lowest BCUT2D eigenvalue weighted by Gasteiger charge is -2.11. The van der Waals surface area contributed by atoms with Crippen molar-refractivity contribution in [1.29, 1.82) is 0 Å². The van der Waals surface area contributed by atoms with Crippen LogP contribution in [0.3, 0.4) is 0 Å². The van der Waals surface area contributed by atoms with Gasteiger partial charge in [-0.15, -0.1) is 16.4 Å². The first kappa shape index (κ1) is 21.2. The van der Waals surface area contributed by atoms with Crippen molar-refractivity contribution in [3.63, 3.8) is 0 Å². The van der Waals surface area contributed by atoms with Crippen molar-refractivity contribution in [3.8, 4) is 16.3 Å². The largest absolute Gasteiger partial charge is 0.494 e. The first-order valence-electron chi connectivity index (χ1n) is 9.47. The zero-order chi connectivity index (χ0) is 22.0. The highest BCUT2D eigenvalue weighted by atomic mass is 32.2. The van der Waals surface area contributed by atoms with Gasteiger partial charge in [-0.25, -0.2) is 17.7 Å². The van der Waals surface area contributed by atoms with Crippen LogP contribution in [0, 0.1) is 0 Å². The van der Waals surface area contributed by atoms with Gasteiger partial charge in [0.2, 0.25) is 10.0 Å². The third-order valence-corrected chi connectivity index (χ3v) is 7.22. The SMILES string of the molecule is CCOc1ccc(-c2nc(COn3nnc4ccc(S(=O)(=O)N(C)C)cc43)cs2)cc1.